The number of para-hydroxylation sites is 1. The summed E-state index contributed by atoms with van der Waals surface area (Å²) in [6, 6.07) is 69.7. The summed E-state index contributed by atoms with van der Waals surface area (Å²) in [4.78, 5) is 5.10. The molecule has 0 bridgehead atoms. The van der Waals surface area contributed by atoms with Crippen molar-refractivity contribution < 1.29 is 0 Å². The highest BCUT2D eigenvalue weighted by atomic mass is 32.1. The minimum atomic E-state index is 0.618. The molecule has 2 heterocycles. The maximum absolute atomic E-state index is 5.10. The minimum Gasteiger partial charge on any atom is -0.309 e. The van der Waals surface area contributed by atoms with Crippen LogP contribution in [-0.4, -0.2) is 10.3 Å². The normalized spacial score (nSPS) is 12.1. The highest BCUT2D eigenvalue weighted by Gasteiger charge is 2.17. The Morgan fingerprint density at radius 3 is 1.82 bits per heavy atom. The summed E-state index contributed by atoms with van der Waals surface area (Å²) in [5, 5.41) is 5.10. The van der Waals surface area contributed by atoms with Gasteiger partial charge < -0.3 is 4.57 Å². The van der Waals surface area contributed by atoms with Crippen molar-refractivity contribution in [3.63, 3.8) is 0 Å². The molecular weight excluding hydrogens is 685 g/mol. The first-order valence-electron chi connectivity index (χ1n) is 18.7. The summed E-state index contributed by atoms with van der Waals surface area (Å²) in [6.07, 6.45) is 4.28. The van der Waals surface area contributed by atoms with Gasteiger partial charge in [-0.15, -0.1) is 11.3 Å². The highest BCUT2D eigenvalue weighted by molar-refractivity contribution is 7.26. The summed E-state index contributed by atoms with van der Waals surface area (Å²) >= 11 is 1.90. The van der Waals surface area contributed by atoms with Gasteiger partial charge >= 0.3 is 0 Å². The van der Waals surface area contributed by atoms with Gasteiger partial charge in [-0.05, 0) is 69.3 Å². The summed E-state index contributed by atoms with van der Waals surface area (Å²) in [7, 11) is 0. The molecule has 2 aromatic heterocycles. The molecular formula is C52H36N2S. The zero-order valence-electron chi connectivity index (χ0n) is 30.1. The lowest BCUT2D eigenvalue weighted by Gasteiger charge is -2.11. The fraction of sp³-hybridized carbons (Fsp3) is 0.0192. The quantitative estimate of drug-likeness (QED) is 0.139. The molecule has 0 saturated carbocycles. The molecule has 0 saturated heterocycles. The number of rotatable bonds is 8. The molecule has 0 aliphatic rings. The van der Waals surface area contributed by atoms with Gasteiger partial charge in [0.25, 0.3) is 0 Å². The van der Waals surface area contributed by atoms with E-state index in [0.29, 0.717) is 6.54 Å². The number of benzene rings is 8. The Balaban J connectivity index is 1.08. The third kappa shape index (κ3) is 6.15. The van der Waals surface area contributed by atoms with Gasteiger partial charge in [0.2, 0.25) is 0 Å². The van der Waals surface area contributed by atoms with Crippen LogP contribution in [-0.2, 0) is 6.54 Å². The number of fused-ring (bicyclic) bond motifs is 6. The Labute approximate surface area is 324 Å². The second-order valence-electron chi connectivity index (χ2n) is 13.9. The number of thiophene rings is 1. The van der Waals surface area contributed by atoms with Gasteiger partial charge in [-0.25, -0.2) is 0 Å². The summed E-state index contributed by atoms with van der Waals surface area (Å²) < 4.78 is 5.06. The van der Waals surface area contributed by atoms with Gasteiger partial charge in [0, 0.05) is 36.6 Å². The van der Waals surface area contributed by atoms with E-state index in [9.17, 15) is 0 Å². The molecule has 0 atom stereocenters. The van der Waals surface area contributed by atoms with Crippen LogP contribution in [0.4, 0.5) is 0 Å². The Bertz CT molecular complexity index is 3020. The van der Waals surface area contributed by atoms with Gasteiger partial charge in [-0.1, -0.05) is 176 Å². The third-order valence-corrected chi connectivity index (χ3v) is 11.8. The molecule has 10 rings (SSSR count). The third-order valence-electron chi connectivity index (χ3n) is 10.5. The zero-order valence-corrected chi connectivity index (χ0v) is 31.0. The molecule has 0 N–H and O–H groups in total. The van der Waals surface area contributed by atoms with E-state index in [-0.39, 0.29) is 0 Å². The second kappa shape index (κ2) is 14.2. The summed E-state index contributed by atoms with van der Waals surface area (Å²) in [5.74, 6) is 0. The van der Waals surface area contributed by atoms with Crippen molar-refractivity contribution in [2.45, 2.75) is 6.54 Å². The number of nitrogens with zero attached hydrogens (tertiary/aromatic N) is 2. The van der Waals surface area contributed by atoms with Gasteiger partial charge in [0.05, 0.1) is 23.3 Å². The van der Waals surface area contributed by atoms with E-state index in [2.05, 4.69) is 199 Å². The van der Waals surface area contributed by atoms with Crippen molar-refractivity contribution >= 4 is 65.1 Å². The van der Waals surface area contributed by atoms with Crippen LogP contribution in [0, 0.1) is 0 Å². The lowest BCUT2D eigenvalue weighted by molar-refractivity contribution is 1.07. The van der Waals surface area contributed by atoms with Crippen molar-refractivity contribution in [3.05, 3.63) is 217 Å². The first kappa shape index (κ1) is 32.8. The van der Waals surface area contributed by atoms with Gasteiger partial charge in [-0.3, -0.25) is 4.99 Å². The first-order chi connectivity index (χ1) is 27.3. The van der Waals surface area contributed by atoms with Crippen LogP contribution >= 0.6 is 11.3 Å². The fourth-order valence-corrected chi connectivity index (χ4v) is 9.20. The molecule has 260 valence electrons. The van der Waals surface area contributed by atoms with Crippen LogP contribution in [0.1, 0.15) is 16.7 Å². The lowest BCUT2D eigenvalue weighted by atomic mass is 9.99. The predicted octanol–water partition coefficient (Wildman–Crippen LogP) is 14.2. The van der Waals surface area contributed by atoms with Crippen LogP contribution in [0.5, 0.6) is 0 Å². The number of aliphatic imine (C=N–C) groups is 1. The van der Waals surface area contributed by atoms with E-state index in [1.165, 1.54) is 69.8 Å². The standard InChI is InChI=1S/C52H36N2S/c1-4-14-36(15-5-1)26-33-48(53-35-37-16-6-2-7-17-37)39-27-30-41(31-28-39)54-49-25-11-10-20-44(49)45-32-29-40(34-50(45)54)43-22-13-24-47-46-23-12-21-42(51(46)55-52(43)47)38-18-8-3-9-19-38/h1-34H,35H2/b33-26+,53-48+. The van der Waals surface area contributed by atoms with Gasteiger partial charge in [0.15, 0.2) is 0 Å². The fourth-order valence-electron chi connectivity index (χ4n) is 7.83. The van der Waals surface area contributed by atoms with E-state index in [4.69, 9.17) is 4.99 Å². The molecule has 0 radical (unpaired) electrons. The van der Waals surface area contributed by atoms with Crippen LogP contribution in [0.15, 0.2) is 205 Å². The number of hydrogen-bond acceptors (Lipinski definition) is 2. The van der Waals surface area contributed by atoms with Crippen LogP contribution in [0.25, 0.3) is 76.0 Å². The molecule has 0 aliphatic carbocycles. The Kier molecular flexibility index (Phi) is 8.47. The van der Waals surface area contributed by atoms with Crippen molar-refractivity contribution in [2.75, 3.05) is 0 Å². The van der Waals surface area contributed by atoms with Crippen LogP contribution < -0.4 is 0 Å². The van der Waals surface area contributed by atoms with E-state index in [1.54, 1.807) is 0 Å². The lowest BCUT2D eigenvalue weighted by Crippen LogP contribution is -2.00. The molecule has 0 unspecified atom stereocenters. The first-order valence-corrected chi connectivity index (χ1v) is 19.6. The highest BCUT2D eigenvalue weighted by Crippen LogP contribution is 2.44. The van der Waals surface area contributed by atoms with E-state index in [0.717, 1.165) is 22.5 Å². The largest absolute Gasteiger partial charge is 0.309 e. The smallest absolute Gasteiger partial charge is 0.0650 e. The van der Waals surface area contributed by atoms with Crippen molar-refractivity contribution in [2.24, 2.45) is 4.99 Å². The molecule has 0 spiro atoms. The average molecular weight is 721 g/mol. The van der Waals surface area contributed by atoms with Crippen LogP contribution in [0.3, 0.4) is 0 Å². The molecule has 8 aromatic carbocycles. The maximum Gasteiger partial charge on any atom is 0.0650 e. The predicted molar refractivity (Wildman–Crippen MR) is 237 cm³/mol. The number of allylic oxidation sites excluding steroid dienone is 1. The molecule has 10 aromatic rings. The van der Waals surface area contributed by atoms with E-state index < -0.39 is 0 Å². The topological polar surface area (TPSA) is 17.3 Å². The zero-order chi connectivity index (χ0) is 36.6. The average Bonchev–Trinajstić information content (AvgIpc) is 3.81. The van der Waals surface area contributed by atoms with Crippen molar-refractivity contribution in [1.29, 1.82) is 0 Å². The van der Waals surface area contributed by atoms with Crippen LogP contribution in [0.2, 0.25) is 0 Å². The molecule has 3 heteroatoms. The maximum atomic E-state index is 5.10. The number of hydrogen-bond donors (Lipinski definition) is 0. The molecule has 2 nitrogen and oxygen atoms in total. The van der Waals surface area contributed by atoms with Gasteiger partial charge in [0.1, 0.15) is 0 Å². The molecule has 0 amide bonds. The van der Waals surface area contributed by atoms with Crippen molar-refractivity contribution in [1.82, 2.24) is 4.57 Å². The SMILES string of the molecule is C(=C\c1ccccc1)/C(=N\Cc1ccccc1)c1ccc(-n2c3ccccc3c3ccc(-c4cccc5c4sc4c(-c6ccccc6)cccc45)cc32)cc1. The molecule has 55 heavy (non-hydrogen) atoms. The van der Waals surface area contributed by atoms with E-state index >= 15 is 0 Å². The Morgan fingerprint density at radius 1 is 0.491 bits per heavy atom. The van der Waals surface area contributed by atoms with Gasteiger partial charge in [-0.2, -0.15) is 0 Å². The van der Waals surface area contributed by atoms with Crippen molar-refractivity contribution in [3.8, 4) is 27.9 Å². The van der Waals surface area contributed by atoms with E-state index in [1.807, 2.05) is 23.5 Å². The Morgan fingerprint density at radius 2 is 1.09 bits per heavy atom. The number of aromatic nitrogens is 1. The molecule has 0 fully saturated rings. The second-order valence-corrected chi connectivity index (χ2v) is 14.9. The Hall–Kier alpha value is -6.81. The summed E-state index contributed by atoms with van der Waals surface area (Å²) in [6.45, 7) is 0.618. The summed E-state index contributed by atoms with van der Waals surface area (Å²) in [5.41, 5.74) is 12.9. The monoisotopic (exact) mass is 720 g/mol. The molecule has 0 aliphatic heterocycles. The minimum absolute atomic E-state index is 0.618.